The lowest BCUT2D eigenvalue weighted by Gasteiger charge is -2.12. The molecule has 126 valence electrons. The topological polar surface area (TPSA) is 63.2 Å². The van der Waals surface area contributed by atoms with Gasteiger partial charge >= 0.3 is 0 Å². The molecule has 0 radical (unpaired) electrons. The van der Waals surface area contributed by atoms with E-state index in [9.17, 15) is 13.2 Å². The fourth-order valence-electron chi connectivity index (χ4n) is 2.87. The van der Waals surface area contributed by atoms with Crippen molar-refractivity contribution in [2.24, 2.45) is 0 Å². The summed E-state index contributed by atoms with van der Waals surface area (Å²) in [4.78, 5) is 12.3. The molecule has 3 rings (SSSR count). The zero-order chi connectivity index (χ0) is 17.0. The Morgan fingerprint density at radius 1 is 1.21 bits per heavy atom. The van der Waals surface area contributed by atoms with E-state index in [-0.39, 0.29) is 16.1 Å². The van der Waals surface area contributed by atoms with Crippen LogP contribution in [0.2, 0.25) is 0 Å². The molecule has 24 heavy (non-hydrogen) atoms. The molecule has 0 aliphatic heterocycles. The minimum atomic E-state index is -3.31. The second-order valence-electron chi connectivity index (χ2n) is 5.86. The van der Waals surface area contributed by atoms with Gasteiger partial charge in [-0.05, 0) is 59.5 Å². The van der Waals surface area contributed by atoms with Crippen molar-refractivity contribution in [2.45, 2.75) is 35.8 Å². The molecule has 1 aliphatic rings. The van der Waals surface area contributed by atoms with Gasteiger partial charge in [-0.1, -0.05) is 18.9 Å². The monoisotopic (exact) mass is 361 g/mol. The van der Waals surface area contributed by atoms with E-state index in [2.05, 4.69) is 5.32 Å². The third kappa shape index (κ3) is 3.94. The summed E-state index contributed by atoms with van der Waals surface area (Å²) in [7, 11) is -3.31. The first-order valence-corrected chi connectivity index (χ1v) is 10.4. The molecule has 0 bridgehead atoms. The van der Waals surface area contributed by atoms with Gasteiger partial charge in [-0.25, -0.2) is 8.42 Å². The summed E-state index contributed by atoms with van der Waals surface area (Å²) in [5, 5.41) is 6.31. The zero-order valence-corrected chi connectivity index (χ0v) is 14.8. The van der Waals surface area contributed by atoms with E-state index >= 15 is 0 Å². The average Bonchev–Trinajstić information content (AvgIpc) is 3.27. The van der Waals surface area contributed by atoms with Gasteiger partial charge in [0, 0.05) is 11.8 Å². The van der Waals surface area contributed by atoms with E-state index in [1.54, 1.807) is 41.7 Å². The number of carbonyl (C=O) groups is 1. The number of nitrogens with one attached hydrogen (secondary N) is 1. The number of benzene rings is 1. The third-order valence-corrected chi connectivity index (χ3v) is 7.10. The van der Waals surface area contributed by atoms with Crippen LogP contribution in [0, 0.1) is 0 Å². The first-order valence-electron chi connectivity index (χ1n) is 7.91. The number of hydrogen-bond donors (Lipinski definition) is 1. The number of anilines is 1. The highest BCUT2D eigenvalue weighted by atomic mass is 32.2. The molecule has 0 unspecified atom stereocenters. The number of sulfone groups is 1. The minimum absolute atomic E-state index is 0.281. The summed E-state index contributed by atoms with van der Waals surface area (Å²) in [5.41, 5.74) is 1.46. The van der Waals surface area contributed by atoms with Gasteiger partial charge < -0.3 is 5.32 Å². The van der Waals surface area contributed by atoms with Crippen LogP contribution in [-0.2, 0) is 14.6 Å². The maximum Gasteiger partial charge on any atom is 0.248 e. The molecule has 4 nitrogen and oxygen atoms in total. The van der Waals surface area contributed by atoms with Crippen molar-refractivity contribution in [3.05, 3.63) is 52.7 Å². The molecule has 1 amide bonds. The molecule has 1 aromatic carbocycles. The molecule has 2 aromatic rings. The van der Waals surface area contributed by atoms with Gasteiger partial charge in [0.15, 0.2) is 9.84 Å². The van der Waals surface area contributed by atoms with Crippen LogP contribution in [0.5, 0.6) is 0 Å². The highest BCUT2D eigenvalue weighted by Gasteiger charge is 2.30. The Hall–Kier alpha value is -1.92. The zero-order valence-electron chi connectivity index (χ0n) is 13.1. The summed E-state index contributed by atoms with van der Waals surface area (Å²) < 4.78 is 25.3. The van der Waals surface area contributed by atoms with Crippen molar-refractivity contribution in [3.63, 3.8) is 0 Å². The maximum atomic E-state index is 12.6. The molecule has 1 aromatic heterocycles. The Morgan fingerprint density at radius 3 is 2.71 bits per heavy atom. The molecule has 1 aliphatic carbocycles. The van der Waals surface area contributed by atoms with Crippen molar-refractivity contribution >= 4 is 38.8 Å². The fourth-order valence-corrected chi connectivity index (χ4v) is 5.39. The van der Waals surface area contributed by atoms with E-state index in [1.807, 2.05) is 16.8 Å². The van der Waals surface area contributed by atoms with Crippen LogP contribution in [0.1, 0.15) is 31.2 Å². The molecule has 1 fully saturated rings. The Labute approximate surface area is 146 Å². The van der Waals surface area contributed by atoms with Gasteiger partial charge in [-0.2, -0.15) is 11.3 Å². The molecule has 1 heterocycles. The Balaban J connectivity index is 1.72. The SMILES string of the molecule is O=C(/C=C/c1ccsc1)Nc1cccc(S(=O)(=O)C2CCCC2)c1. The summed E-state index contributed by atoms with van der Waals surface area (Å²) in [6.45, 7) is 0. The number of thiophene rings is 1. The van der Waals surface area contributed by atoms with E-state index in [0.717, 1.165) is 31.2 Å². The summed E-state index contributed by atoms with van der Waals surface area (Å²) >= 11 is 1.56. The normalized spacial score (nSPS) is 15.8. The maximum absolute atomic E-state index is 12.6. The summed E-state index contributed by atoms with van der Waals surface area (Å²) in [6, 6.07) is 8.43. The average molecular weight is 361 g/mol. The third-order valence-electron chi connectivity index (χ3n) is 4.14. The Kier molecular flexibility index (Phi) is 5.16. The van der Waals surface area contributed by atoms with E-state index in [4.69, 9.17) is 0 Å². The van der Waals surface area contributed by atoms with Crippen LogP contribution in [0.25, 0.3) is 6.08 Å². The van der Waals surface area contributed by atoms with Crippen molar-refractivity contribution in [2.75, 3.05) is 5.32 Å². The summed E-state index contributed by atoms with van der Waals surface area (Å²) in [6.07, 6.45) is 6.55. The minimum Gasteiger partial charge on any atom is -0.322 e. The van der Waals surface area contributed by atoms with Gasteiger partial charge in [0.25, 0.3) is 0 Å². The van der Waals surface area contributed by atoms with Crippen LogP contribution in [0.4, 0.5) is 5.69 Å². The fraction of sp³-hybridized carbons (Fsp3) is 0.278. The molecule has 0 spiro atoms. The lowest BCUT2D eigenvalue weighted by Crippen LogP contribution is -2.18. The predicted molar refractivity (Wildman–Crippen MR) is 97.9 cm³/mol. The van der Waals surface area contributed by atoms with Crippen molar-refractivity contribution < 1.29 is 13.2 Å². The Morgan fingerprint density at radius 2 is 2.00 bits per heavy atom. The van der Waals surface area contributed by atoms with Gasteiger partial charge in [0.1, 0.15) is 0 Å². The quantitative estimate of drug-likeness (QED) is 0.815. The van der Waals surface area contributed by atoms with Gasteiger partial charge in [0.2, 0.25) is 5.91 Å². The van der Waals surface area contributed by atoms with Gasteiger partial charge in [-0.15, -0.1) is 0 Å². The summed E-state index contributed by atoms with van der Waals surface area (Å²) in [5.74, 6) is -0.281. The first kappa shape index (κ1) is 16.9. The largest absolute Gasteiger partial charge is 0.322 e. The first-order chi connectivity index (χ1) is 11.6. The van der Waals surface area contributed by atoms with Crippen LogP contribution in [0.15, 0.2) is 52.1 Å². The number of carbonyl (C=O) groups excluding carboxylic acids is 1. The highest BCUT2D eigenvalue weighted by molar-refractivity contribution is 7.92. The second-order valence-corrected chi connectivity index (χ2v) is 8.87. The standard InChI is InChI=1S/C18H19NO3S2/c20-18(9-8-14-10-11-23-13-14)19-15-4-3-7-17(12-15)24(21,22)16-5-1-2-6-16/h3-4,7-13,16H,1-2,5-6H2,(H,19,20)/b9-8+. The van der Waals surface area contributed by atoms with E-state index in [0.29, 0.717) is 5.69 Å². The number of rotatable bonds is 5. The molecular formula is C18H19NO3S2. The lowest BCUT2D eigenvalue weighted by molar-refractivity contribution is -0.111. The van der Waals surface area contributed by atoms with E-state index in [1.165, 1.54) is 6.08 Å². The van der Waals surface area contributed by atoms with Gasteiger partial charge in [0.05, 0.1) is 10.1 Å². The predicted octanol–water partition coefficient (Wildman–Crippen LogP) is 4.12. The van der Waals surface area contributed by atoms with Crippen LogP contribution in [0.3, 0.4) is 0 Å². The number of amides is 1. The molecule has 0 atom stereocenters. The van der Waals surface area contributed by atoms with Crippen molar-refractivity contribution in [3.8, 4) is 0 Å². The number of hydrogen-bond acceptors (Lipinski definition) is 4. The molecule has 0 saturated heterocycles. The molecule has 1 saturated carbocycles. The Bertz CT molecular complexity index is 833. The van der Waals surface area contributed by atoms with Crippen LogP contribution >= 0.6 is 11.3 Å². The molecular weight excluding hydrogens is 342 g/mol. The molecule has 1 N–H and O–H groups in total. The molecule has 6 heteroatoms. The van der Waals surface area contributed by atoms with E-state index < -0.39 is 9.84 Å². The van der Waals surface area contributed by atoms with Gasteiger partial charge in [-0.3, -0.25) is 4.79 Å². The lowest BCUT2D eigenvalue weighted by atomic mass is 10.3. The second kappa shape index (κ2) is 7.32. The highest BCUT2D eigenvalue weighted by Crippen LogP contribution is 2.30. The van der Waals surface area contributed by atoms with Crippen LogP contribution in [-0.4, -0.2) is 19.6 Å². The van der Waals surface area contributed by atoms with Crippen LogP contribution < -0.4 is 5.32 Å². The van der Waals surface area contributed by atoms with Crippen molar-refractivity contribution in [1.82, 2.24) is 0 Å². The smallest absolute Gasteiger partial charge is 0.248 e. The van der Waals surface area contributed by atoms with Crippen molar-refractivity contribution in [1.29, 1.82) is 0 Å².